The molecule has 0 saturated heterocycles. The highest BCUT2D eigenvalue weighted by Crippen LogP contribution is 2.25. The molecule has 0 aliphatic heterocycles. The highest BCUT2D eigenvalue weighted by atomic mass is 19.1. The van der Waals surface area contributed by atoms with Gasteiger partial charge < -0.3 is 20.7 Å². The van der Waals surface area contributed by atoms with Crippen molar-refractivity contribution < 1.29 is 18.7 Å². The van der Waals surface area contributed by atoms with Crippen molar-refractivity contribution in [2.45, 2.75) is 45.9 Å². The van der Waals surface area contributed by atoms with E-state index >= 15 is 0 Å². The maximum absolute atomic E-state index is 13.6. The first-order chi connectivity index (χ1) is 20.6. The third-order valence-electron chi connectivity index (χ3n) is 6.19. The molecule has 2 amide bonds. The number of aromatic nitrogens is 3. The zero-order chi connectivity index (χ0) is 30.8. The number of hydrogen-bond acceptors (Lipinski definition) is 7. The number of nitrogens with one attached hydrogen (secondary N) is 3. The van der Waals surface area contributed by atoms with Gasteiger partial charge >= 0.3 is 6.09 Å². The number of carbonyl (C=O) groups excluding carboxylic acids is 2. The highest BCUT2D eigenvalue weighted by Gasteiger charge is 2.17. The van der Waals surface area contributed by atoms with Crippen LogP contribution in [0.4, 0.5) is 15.0 Å². The lowest BCUT2D eigenvalue weighted by Crippen LogP contribution is -2.34. The van der Waals surface area contributed by atoms with Gasteiger partial charge in [-0.1, -0.05) is 30.3 Å². The predicted octanol–water partition coefficient (Wildman–Crippen LogP) is 5.07. The maximum Gasteiger partial charge on any atom is 0.407 e. The van der Waals surface area contributed by atoms with Crippen LogP contribution in [0.3, 0.4) is 0 Å². The SMILES string of the molecule is CC(C)(C)OC(=O)NCCn1ccc(CNC(=O)c2ccc(-c3ccccc3C#N)nc2NCCc2cccc(F)c2)n1. The number of benzene rings is 2. The molecule has 2 aromatic carbocycles. The van der Waals surface area contributed by atoms with Crippen LogP contribution >= 0.6 is 0 Å². The van der Waals surface area contributed by atoms with Gasteiger partial charge in [0.25, 0.3) is 5.91 Å². The number of pyridine rings is 1. The first-order valence-corrected chi connectivity index (χ1v) is 13.9. The Hall–Kier alpha value is -5.24. The van der Waals surface area contributed by atoms with E-state index in [0.29, 0.717) is 60.0 Å². The van der Waals surface area contributed by atoms with E-state index in [9.17, 15) is 19.2 Å². The molecule has 222 valence electrons. The third kappa shape index (κ3) is 9.13. The Balaban J connectivity index is 1.42. The molecule has 0 spiro atoms. The molecule has 0 fully saturated rings. The summed E-state index contributed by atoms with van der Waals surface area (Å²) < 4.78 is 20.5. The van der Waals surface area contributed by atoms with E-state index in [-0.39, 0.29) is 18.3 Å². The zero-order valence-corrected chi connectivity index (χ0v) is 24.4. The Morgan fingerprint density at radius 2 is 1.84 bits per heavy atom. The van der Waals surface area contributed by atoms with Crippen LogP contribution in [0, 0.1) is 17.1 Å². The second kappa shape index (κ2) is 14.1. The summed E-state index contributed by atoms with van der Waals surface area (Å²) in [5, 5.41) is 22.8. The van der Waals surface area contributed by atoms with Crippen molar-refractivity contribution in [1.82, 2.24) is 25.4 Å². The fourth-order valence-electron chi connectivity index (χ4n) is 4.22. The van der Waals surface area contributed by atoms with Gasteiger partial charge in [-0.25, -0.2) is 14.2 Å². The lowest BCUT2D eigenvalue weighted by Gasteiger charge is -2.19. The Morgan fingerprint density at radius 3 is 2.60 bits per heavy atom. The Labute approximate surface area is 249 Å². The van der Waals surface area contributed by atoms with Gasteiger partial charge in [-0.05, 0) is 69.2 Å². The largest absolute Gasteiger partial charge is 0.444 e. The molecule has 0 atom stereocenters. The average molecular weight is 584 g/mol. The summed E-state index contributed by atoms with van der Waals surface area (Å²) in [6.45, 7) is 6.73. The Bertz CT molecular complexity index is 1620. The van der Waals surface area contributed by atoms with Gasteiger partial charge in [0.15, 0.2) is 0 Å². The summed E-state index contributed by atoms with van der Waals surface area (Å²) in [6, 6.07) is 20.8. The second-order valence-corrected chi connectivity index (χ2v) is 10.7. The summed E-state index contributed by atoms with van der Waals surface area (Å²) in [5.74, 6) is -0.326. The predicted molar refractivity (Wildman–Crippen MR) is 161 cm³/mol. The van der Waals surface area contributed by atoms with E-state index in [1.807, 2.05) is 12.1 Å². The van der Waals surface area contributed by atoms with Crippen LogP contribution in [-0.2, 0) is 24.2 Å². The van der Waals surface area contributed by atoms with Crippen LogP contribution in [0.15, 0.2) is 72.9 Å². The summed E-state index contributed by atoms with van der Waals surface area (Å²) in [6.07, 6.45) is 1.78. The first kappa shape index (κ1) is 30.7. The minimum atomic E-state index is -0.575. The first-order valence-electron chi connectivity index (χ1n) is 13.9. The number of nitriles is 1. The molecule has 10 nitrogen and oxygen atoms in total. The number of alkyl carbamates (subject to hydrolysis) is 1. The van der Waals surface area contributed by atoms with Gasteiger partial charge in [-0.2, -0.15) is 10.4 Å². The van der Waals surface area contributed by atoms with E-state index < -0.39 is 11.7 Å². The van der Waals surface area contributed by atoms with Gasteiger partial charge in [-0.3, -0.25) is 9.48 Å². The van der Waals surface area contributed by atoms with Crippen molar-refractivity contribution in [3.8, 4) is 17.3 Å². The molecule has 3 N–H and O–H groups in total. The topological polar surface area (TPSA) is 134 Å². The van der Waals surface area contributed by atoms with Crippen LogP contribution in [0.1, 0.15) is 48.0 Å². The number of amides is 2. The lowest BCUT2D eigenvalue weighted by molar-refractivity contribution is 0.0525. The quantitative estimate of drug-likeness (QED) is 0.225. The van der Waals surface area contributed by atoms with Crippen LogP contribution in [-0.4, -0.2) is 45.5 Å². The van der Waals surface area contributed by atoms with Crippen molar-refractivity contribution in [2.24, 2.45) is 0 Å². The molecular formula is C32H34FN7O3. The van der Waals surface area contributed by atoms with Crippen molar-refractivity contribution in [2.75, 3.05) is 18.4 Å². The van der Waals surface area contributed by atoms with Gasteiger partial charge in [0.1, 0.15) is 17.2 Å². The van der Waals surface area contributed by atoms with Gasteiger partial charge in [0, 0.05) is 24.8 Å². The molecular weight excluding hydrogens is 549 g/mol. The monoisotopic (exact) mass is 583 g/mol. The number of carbonyl (C=O) groups is 2. The van der Waals surface area contributed by atoms with Crippen LogP contribution in [0.25, 0.3) is 11.3 Å². The summed E-state index contributed by atoms with van der Waals surface area (Å²) in [4.78, 5) is 29.8. The Kier molecular flexibility index (Phi) is 10.1. The van der Waals surface area contributed by atoms with Crippen molar-refractivity contribution in [3.63, 3.8) is 0 Å². The molecule has 4 aromatic rings. The van der Waals surface area contributed by atoms with Crippen molar-refractivity contribution in [1.29, 1.82) is 5.26 Å². The lowest BCUT2D eigenvalue weighted by atomic mass is 10.0. The number of halogens is 1. The normalized spacial score (nSPS) is 11.0. The van der Waals surface area contributed by atoms with Crippen LogP contribution < -0.4 is 16.0 Å². The molecule has 0 aliphatic carbocycles. The van der Waals surface area contributed by atoms with Gasteiger partial charge in [0.2, 0.25) is 0 Å². The fraction of sp³-hybridized carbons (Fsp3) is 0.281. The second-order valence-electron chi connectivity index (χ2n) is 10.7. The number of ether oxygens (including phenoxy) is 1. The molecule has 2 heterocycles. The number of anilines is 1. The smallest absolute Gasteiger partial charge is 0.407 e. The van der Waals surface area contributed by atoms with Crippen molar-refractivity contribution >= 4 is 17.8 Å². The van der Waals surface area contributed by atoms with Gasteiger partial charge in [-0.15, -0.1) is 0 Å². The molecule has 43 heavy (non-hydrogen) atoms. The van der Waals surface area contributed by atoms with Crippen LogP contribution in [0.2, 0.25) is 0 Å². The van der Waals surface area contributed by atoms with E-state index in [2.05, 4.69) is 32.1 Å². The number of nitrogens with zero attached hydrogens (tertiary/aromatic N) is 4. The Morgan fingerprint density at radius 1 is 1.02 bits per heavy atom. The number of rotatable bonds is 11. The fourth-order valence-corrected chi connectivity index (χ4v) is 4.22. The van der Waals surface area contributed by atoms with E-state index in [4.69, 9.17) is 4.74 Å². The van der Waals surface area contributed by atoms with E-state index in [0.717, 1.165) is 5.56 Å². The molecule has 0 aliphatic rings. The van der Waals surface area contributed by atoms with Crippen molar-refractivity contribution in [3.05, 3.63) is 101 Å². The minimum absolute atomic E-state index is 0.174. The standard InChI is InChI=1S/C32H34FN7O3/c1-32(2,3)43-31(42)36-16-18-40-17-14-25(39-40)21-37-30(41)27-11-12-28(26-10-5-4-8-23(26)20-34)38-29(27)35-15-13-22-7-6-9-24(33)19-22/h4-12,14,17,19H,13,15-16,18,21H2,1-3H3,(H,35,38)(H,36,42)(H,37,41). The summed E-state index contributed by atoms with van der Waals surface area (Å²) in [5.41, 5.74) is 2.85. The molecule has 0 bridgehead atoms. The molecule has 11 heteroatoms. The molecule has 0 saturated carbocycles. The van der Waals surface area contributed by atoms with E-state index in [1.54, 1.807) is 74.1 Å². The average Bonchev–Trinajstić information content (AvgIpc) is 3.42. The summed E-state index contributed by atoms with van der Waals surface area (Å²) in [7, 11) is 0. The van der Waals surface area contributed by atoms with Crippen LogP contribution in [0.5, 0.6) is 0 Å². The maximum atomic E-state index is 13.6. The highest BCUT2D eigenvalue weighted by molar-refractivity contribution is 5.99. The minimum Gasteiger partial charge on any atom is -0.444 e. The molecule has 4 rings (SSSR count). The molecule has 0 unspecified atom stereocenters. The number of hydrogen-bond donors (Lipinski definition) is 3. The van der Waals surface area contributed by atoms with E-state index in [1.165, 1.54) is 12.1 Å². The zero-order valence-electron chi connectivity index (χ0n) is 24.4. The van der Waals surface area contributed by atoms with Gasteiger partial charge in [0.05, 0.1) is 41.7 Å². The third-order valence-corrected chi connectivity index (χ3v) is 6.19. The molecule has 0 radical (unpaired) electrons. The molecule has 2 aromatic heterocycles. The summed E-state index contributed by atoms with van der Waals surface area (Å²) >= 11 is 0.